The van der Waals surface area contributed by atoms with Gasteiger partial charge in [0.15, 0.2) is 0 Å². The number of allylic oxidation sites excluding steroid dienone is 4. The molecule has 1 aromatic rings. The number of methoxy groups -OCH3 is 1. The molecule has 1 fully saturated rings. The van der Waals surface area contributed by atoms with Crippen LogP contribution in [0, 0.1) is 5.92 Å². The molecule has 138 valence electrons. The van der Waals surface area contributed by atoms with Crippen LogP contribution in [-0.4, -0.2) is 13.5 Å². The lowest BCUT2D eigenvalue weighted by atomic mass is 9.97. The molecule has 1 aromatic carbocycles. The van der Waals surface area contributed by atoms with Crippen molar-refractivity contribution in [1.82, 2.24) is 0 Å². The lowest BCUT2D eigenvalue weighted by molar-refractivity contribution is -0.274. The van der Waals surface area contributed by atoms with Crippen LogP contribution in [0.15, 0.2) is 47.2 Å². The third kappa shape index (κ3) is 5.80. The lowest BCUT2D eigenvalue weighted by Crippen LogP contribution is -2.17. The number of halogens is 4. The summed E-state index contributed by atoms with van der Waals surface area (Å²) in [5.41, 5.74) is 3.14. The summed E-state index contributed by atoms with van der Waals surface area (Å²) < 4.78 is 46.3. The summed E-state index contributed by atoms with van der Waals surface area (Å²) in [4.78, 5) is -0.128. The molecule has 0 amide bonds. The van der Waals surface area contributed by atoms with Crippen LogP contribution in [0.5, 0.6) is 5.75 Å². The molecule has 25 heavy (non-hydrogen) atoms. The fourth-order valence-electron chi connectivity index (χ4n) is 2.50. The molecule has 0 heterocycles. The van der Waals surface area contributed by atoms with Gasteiger partial charge in [0, 0.05) is 5.92 Å². The molecule has 0 radical (unpaired) electrons. The number of hydrogen-bond acceptors (Lipinski definition) is 2. The average Bonchev–Trinajstić information content (AvgIpc) is 3.39. The molecule has 0 spiro atoms. The fourth-order valence-corrected chi connectivity index (χ4v) is 3.33. The van der Waals surface area contributed by atoms with Gasteiger partial charge >= 0.3 is 6.36 Å². The van der Waals surface area contributed by atoms with Crippen molar-refractivity contribution in [2.75, 3.05) is 7.11 Å². The van der Waals surface area contributed by atoms with E-state index >= 15 is 0 Å². The highest BCUT2D eigenvalue weighted by Gasteiger charge is 2.31. The van der Waals surface area contributed by atoms with E-state index in [1.807, 2.05) is 0 Å². The first-order valence-electron chi connectivity index (χ1n) is 8.20. The Morgan fingerprint density at radius 2 is 1.88 bits per heavy atom. The Morgan fingerprint density at radius 3 is 2.32 bits per heavy atom. The van der Waals surface area contributed by atoms with Gasteiger partial charge in [0.05, 0.1) is 17.7 Å². The van der Waals surface area contributed by atoms with Crippen molar-refractivity contribution in [2.24, 2.45) is 5.92 Å². The summed E-state index contributed by atoms with van der Waals surface area (Å²) in [7, 11) is 1.68. The van der Waals surface area contributed by atoms with E-state index in [0.29, 0.717) is 5.92 Å². The number of rotatable bonds is 7. The van der Waals surface area contributed by atoms with E-state index < -0.39 is 6.36 Å². The quantitative estimate of drug-likeness (QED) is 0.279. The van der Waals surface area contributed by atoms with Gasteiger partial charge in [-0.15, -0.1) is 13.2 Å². The SMILES string of the molecule is CC/C(C)=C(/C=C(\OC)C1CC1)C(Br)c1ccc(OC(F)(F)F)cc1. The van der Waals surface area contributed by atoms with Crippen LogP contribution >= 0.6 is 15.9 Å². The number of alkyl halides is 4. The third-order valence-corrected chi connectivity index (χ3v) is 5.24. The molecule has 0 aromatic heterocycles. The Balaban J connectivity index is 2.26. The molecule has 0 saturated heterocycles. The highest BCUT2D eigenvalue weighted by atomic mass is 79.9. The van der Waals surface area contributed by atoms with Crippen LogP contribution in [-0.2, 0) is 4.74 Å². The first-order chi connectivity index (χ1) is 11.7. The summed E-state index contributed by atoms with van der Waals surface area (Å²) >= 11 is 3.69. The molecule has 1 atom stereocenters. The molecule has 0 aliphatic heterocycles. The Morgan fingerprint density at radius 1 is 1.28 bits per heavy atom. The summed E-state index contributed by atoms with van der Waals surface area (Å²) in [5, 5.41) is 0. The average molecular weight is 419 g/mol. The number of hydrogen-bond donors (Lipinski definition) is 0. The zero-order chi connectivity index (χ0) is 18.6. The van der Waals surface area contributed by atoms with Crippen molar-refractivity contribution in [1.29, 1.82) is 0 Å². The molecule has 2 rings (SSSR count). The maximum atomic E-state index is 12.3. The van der Waals surface area contributed by atoms with Crippen LogP contribution in [0.4, 0.5) is 13.2 Å². The van der Waals surface area contributed by atoms with E-state index in [1.165, 1.54) is 17.7 Å². The van der Waals surface area contributed by atoms with Crippen LogP contribution in [0.1, 0.15) is 43.5 Å². The van der Waals surface area contributed by atoms with Crippen LogP contribution in [0.2, 0.25) is 0 Å². The van der Waals surface area contributed by atoms with Crippen molar-refractivity contribution < 1.29 is 22.6 Å². The second-order valence-electron chi connectivity index (χ2n) is 6.09. The molecular weight excluding hydrogens is 397 g/mol. The largest absolute Gasteiger partial charge is 0.573 e. The van der Waals surface area contributed by atoms with Gasteiger partial charge in [0.25, 0.3) is 0 Å². The Kier molecular flexibility index (Phi) is 6.60. The van der Waals surface area contributed by atoms with Gasteiger partial charge in [-0.05, 0) is 55.5 Å². The predicted molar refractivity (Wildman–Crippen MR) is 95.6 cm³/mol. The summed E-state index contributed by atoms with van der Waals surface area (Å²) in [6.07, 6.45) is 0.531. The van der Waals surface area contributed by atoms with Gasteiger partial charge in [-0.1, -0.05) is 40.6 Å². The second kappa shape index (κ2) is 8.30. The topological polar surface area (TPSA) is 18.5 Å². The molecule has 1 aliphatic rings. The minimum absolute atomic E-state index is 0.128. The maximum Gasteiger partial charge on any atom is 0.573 e. The highest BCUT2D eigenvalue weighted by molar-refractivity contribution is 9.09. The predicted octanol–water partition coefficient (Wildman–Crippen LogP) is 6.69. The van der Waals surface area contributed by atoms with E-state index in [1.54, 1.807) is 19.2 Å². The first-order valence-corrected chi connectivity index (χ1v) is 9.11. The zero-order valence-electron chi connectivity index (χ0n) is 14.5. The van der Waals surface area contributed by atoms with Crippen LogP contribution in [0.25, 0.3) is 0 Å². The smallest absolute Gasteiger partial charge is 0.501 e. The molecule has 2 nitrogen and oxygen atoms in total. The standard InChI is InChI=1S/C19H22BrF3O2/c1-4-12(2)16(11-17(24-3)13-5-6-13)18(20)14-7-9-15(10-8-14)25-19(21,22)23/h7-11,13,18H,4-6H2,1-3H3/b16-12-,17-11-. The Hall–Kier alpha value is -1.43. The maximum absolute atomic E-state index is 12.3. The van der Waals surface area contributed by atoms with Gasteiger partial charge in [0.1, 0.15) is 5.75 Å². The third-order valence-electron chi connectivity index (χ3n) is 4.22. The molecular formula is C19H22BrF3O2. The van der Waals surface area contributed by atoms with Gasteiger partial charge in [-0.2, -0.15) is 0 Å². The van der Waals surface area contributed by atoms with Gasteiger partial charge in [-0.3, -0.25) is 0 Å². The highest BCUT2D eigenvalue weighted by Crippen LogP contribution is 2.41. The molecule has 6 heteroatoms. The zero-order valence-corrected chi connectivity index (χ0v) is 16.1. The lowest BCUT2D eigenvalue weighted by Gasteiger charge is -2.17. The minimum atomic E-state index is -4.68. The van der Waals surface area contributed by atoms with E-state index in [2.05, 4.69) is 40.6 Å². The summed E-state index contributed by atoms with van der Waals surface area (Å²) in [5.74, 6) is 1.22. The Bertz CT molecular complexity index is 644. The molecule has 0 N–H and O–H groups in total. The molecule has 1 aliphatic carbocycles. The van der Waals surface area contributed by atoms with Crippen LogP contribution < -0.4 is 4.74 Å². The van der Waals surface area contributed by atoms with Gasteiger partial charge in [-0.25, -0.2) is 0 Å². The second-order valence-corrected chi connectivity index (χ2v) is 7.01. The monoisotopic (exact) mass is 418 g/mol. The summed E-state index contributed by atoms with van der Waals surface area (Å²) in [6, 6.07) is 5.94. The van der Waals surface area contributed by atoms with Crippen molar-refractivity contribution in [3.8, 4) is 5.75 Å². The van der Waals surface area contributed by atoms with Gasteiger partial charge in [0.2, 0.25) is 0 Å². The first kappa shape index (κ1) is 19.9. The fraction of sp³-hybridized carbons (Fsp3) is 0.474. The normalized spacial score (nSPS) is 17.8. The van der Waals surface area contributed by atoms with E-state index in [9.17, 15) is 13.2 Å². The van der Waals surface area contributed by atoms with E-state index in [0.717, 1.165) is 36.2 Å². The van der Waals surface area contributed by atoms with Crippen molar-refractivity contribution >= 4 is 15.9 Å². The number of ether oxygens (including phenoxy) is 2. The molecule has 1 unspecified atom stereocenters. The summed E-state index contributed by atoms with van der Waals surface area (Å²) in [6.45, 7) is 4.13. The van der Waals surface area contributed by atoms with Crippen LogP contribution in [0.3, 0.4) is 0 Å². The van der Waals surface area contributed by atoms with E-state index in [-0.39, 0.29) is 10.6 Å². The Labute approximate surface area is 154 Å². The number of benzene rings is 1. The van der Waals surface area contributed by atoms with Crippen molar-refractivity contribution in [3.05, 3.63) is 52.8 Å². The van der Waals surface area contributed by atoms with Crippen molar-refractivity contribution in [2.45, 2.75) is 44.3 Å². The molecule has 0 bridgehead atoms. The minimum Gasteiger partial charge on any atom is -0.501 e. The van der Waals surface area contributed by atoms with Crippen molar-refractivity contribution in [3.63, 3.8) is 0 Å². The van der Waals surface area contributed by atoms with Gasteiger partial charge < -0.3 is 9.47 Å². The molecule has 1 saturated carbocycles. The van der Waals surface area contributed by atoms with E-state index in [4.69, 9.17) is 4.74 Å².